The third-order valence-corrected chi connectivity index (χ3v) is 5.13. The molecule has 0 N–H and O–H groups in total. The number of methoxy groups -OCH3 is 1. The van der Waals surface area contributed by atoms with E-state index >= 15 is 0 Å². The largest absolute Gasteiger partial charge is 0.495 e. The van der Waals surface area contributed by atoms with Crippen molar-refractivity contribution in [2.45, 2.75) is 11.5 Å². The summed E-state index contributed by atoms with van der Waals surface area (Å²) in [6, 6.07) is 5.42. The smallest absolute Gasteiger partial charge is 0.204 e. The van der Waals surface area contributed by atoms with Gasteiger partial charge in [0.2, 0.25) is 5.13 Å². The molecule has 0 aliphatic heterocycles. The van der Waals surface area contributed by atoms with Crippen LogP contribution in [-0.4, -0.2) is 34.8 Å². The number of hydrogen-bond donors (Lipinski definition) is 0. The van der Waals surface area contributed by atoms with Gasteiger partial charge in [0.1, 0.15) is 5.75 Å². The molecule has 0 saturated carbocycles. The van der Waals surface area contributed by atoms with Crippen LogP contribution in [-0.2, 0) is 22.3 Å². The number of hydrogen-bond acceptors (Lipinski definition) is 6. The highest BCUT2D eigenvalue weighted by Crippen LogP contribution is 2.25. The molecule has 1 aromatic carbocycles. The molecule has 0 aliphatic carbocycles. The van der Waals surface area contributed by atoms with Gasteiger partial charge in [-0.3, -0.25) is 4.21 Å². The van der Waals surface area contributed by atoms with E-state index in [1.807, 2.05) is 25.1 Å². The topological polar surface area (TPSA) is 55.3 Å². The van der Waals surface area contributed by atoms with Gasteiger partial charge in [-0.05, 0) is 17.7 Å². The van der Waals surface area contributed by atoms with Gasteiger partial charge < -0.3 is 9.64 Å². The van der Waals surface area contributed by atoms with Crippen LogP contribution in [0.2, 0.25) is 5.02 Å². The van der Waals surface area contributed by atoms with Gasteiger partial charge in [-0.15, -0.1) is 0 Å². The van der Waals surface area contributed by atoms with Crippen molar-refractivity contribution in [2.24, 2.45) is 0 Å². The summed E-state index contributed by atoms with van der Waals surface area (Å²) in [5, 5.41) is 1.34. The summed E-state index contributed by atoms with van der Waals surface area (Å²) < 4.78 is 21.5. The van der Waals surface area contributed by atoms with Crippen LogP contribution in [0.15, 0.2) is 18.2 Å². The molecule has 0 spiro atoms. The molecule has 1 atom stereocenters. The van der Waals surface area contributed by atoms with Crippen LogP contribution in [0.25, 0.3) is 0 Å². The summed E-state index contributed by atoms with van der Waals surface area (Å²) in [6.45, 7) is 0. The van der Waals surface area contributed by atoms with Gasteiger partial charge in [0.25, 0.3) is 0 Å². The van der Waals surface area contributed by atoms with Gasteiger partial charge in [-0.25, -0.2) is 4.98 Å². The van der Waals surface area contributed by atoms with Crippen LogP contribution in [0.4, 0.5) is 5.13 Å². The van der Waals surface area contributed by atoms with E-state index < -0.39 is 10.8 Å². The van der Waals surface area contributed by atoms with E-state index in [9.17, 15) is 4.21 Å². The molecule has 0 amide bonds. The Balaban J connectivity index is 1.99. The van der Waals surface area contributed by atoms with Crippen LogP contribution >= 0.6 is 23.1 Å². The zero-order valence-corrected chi connectivity index (χ0v) is 14.4. The number of halogens is 1. The maximum Gasteiger partial charge on any atom is 0.204 e. The molecule has 0 unspecified atom stereocenters. The summed E-state index contributed by atoms with van der Waals surface area (Å²) in [4.78, 5) is 6.21. The van der Waals surface area contributed by atoms with Gasteiger partial charge in [0, 0.05) is 42.2 Å². The van der Waals surface area contributed by atoms with E-state index in [4.69, 9.17) is 16.3 Å². The summed E-state index contributed by atoms with van der Waals surface area (Å²) in [5.74, 6) is 1.98. The molecule has 0 bridgehead atoms. The SMILES string of the molecule is COc1ccc(C[S@@](=O)Cc2nsc(N(C)C)n2)cc1Cl. The highest BCUT2D eigenvalue weighted by atomic mass is 35.5. The Bertz CT molecular complexity index is 646. The third kappa shape index (κ3) is 4.39. The molecule has 2 rings (SSSR count). The van der Waals surface area contributed by atoms with E-state index in [0.717, 1.165) is 10.7 Å². The Morgan fingerprint density at radius 3 is 2.71 bits per heavy atom. The second-order valence-corrected chi connectivity index (χ2v) is 7.18. The quantitative estimate of drug-likeness (QED) is 0.805. The molecule has 0 aliphatic rings. The van der Waals surface area contributed by atoms with E-state index in [0.29, 0.717) is 28.1 Å². The fourth-order valence-electron chi connectivity index (χ4n) is 1.67. The minimum absolute atomic E-state index is 0.341. The lowest BCUT2D eigenvalue weighted by atomic mass is 10.2. The van der Waals surface area contributed by atoms with Crippen molar-refractivity contribution in [3.8, 4) is 5.75 Å². The second kappa shape index (κ2) is 7.20. The van der Waals surface area contributed by atoms with Gasteiger partial charge in [0.05, 0.1) is 17.9 Å². The van der Waals surface area contributed by atoms with E-state index in [2.05, 4.69) is 9.36 Å². The molecule has 114 valence electrons. The van der Waals surface area contributed by atoms with Crippen molar-refractivity contribution in [3.05, 3.63) is 34.6 Å². The monoisotopic (exact) mass is 345 g/mol. The maximum absolute atomic E-state index is 12.2. The van der Waals surface area contributed by atoms with Crippen LogP contribution in [0.1, 0.15) is 11.4 Å². The summed E-state index contributed by atoms with van der Waals surface area (Å²) in [6.07, 6.45) is 0. The minimum atomic E-state index is -1.08. The Morgan fingerprint density at radius 2 is 2.14 bits per heavy atom. The molecule has 21 heavy (non-hydrogen) atoms. The fourth-order valence-corrected chi connectivity index (χ4v) is 3.70. The van der Waals surface area contributed by atoms with Gasteiger partial charge in [0.15, 0.2) is 5.82 Å². The Hall–Kier alpha value is -1.18. The van der Waals surface area contributed by atoms with Crippen LogP contribution in [0.3, 0.4) is 0 Å². The molecular weight excluding hydrogens is 330 g/mol. The number of ether oxygens (including phenoxy) is 1. The van der Waals surface area contributed by atoms with Gasteiger partial charge in [-0.2, -0.15) is 4.37 Å². The highest BCUT2D eigenvalue weighted by molar-refractivity contribution is 7.83. The average Bonchev–Trinajstić information content (AvgIpc) is 2.87. The molecule has 1 aromatic heterocycles. The van der Waals surface area contributed by atoms with Crippen LogP contribution in [0.5, 0.6) is 5.75 Å². The van der Waals surface area contributed by atoms with Crippen molar-refractivity contribution < 1.29 is 8.95 Å². The first-order valence-corrected chi connectivity index (χ1v) is 8.81. The lowest BCUT2D eigenvalue weighted by molar-refractivity contribution is 0.415. The van der Waals surface area contributed by atoms with Crippen LogP contribution in [0, 0.1) is 0 Å². The fraction of sp³-hybridized carbons (Fsp3) is 0.385. The minimum Gasteiger partial charge on any atom is -0.495 e. The predicted octanol–water partition coefficient (Wildman–Crippen LogP) is 2.72. The number of benzene rings is 1. The predicted molar refractivity (Wildman–Crippen MR) is 87.8 cm³/mol. The standard InChI is InChI=1S/C13H16ClN3O2S2/c1-17(2)13-15-12(16-20-13)8-21(18)7-9-4-5-11(19-3)10(14)6-9/h4-6H,7-8H2,1-3H3/t21-/m1/s1. The molecule has 5 nitrogen and oxygen atoms in total. The van der Waals surface area contributed by atoms with Crippen molar-refractivity contribution >= 4 is 39.1 Å². The van der Waals surface area contributed by atoms with Crippen molar-refractivity contribution in [3.63, 3.8) is 0 Å². The zero-order valence-electron chi connectivity index (χ0n) is 12.0. The normalized spacial score (nSPS) is 12.2. The molecule has 0 saturated heterocycles. The van der Waals surface area contributed by atoms with E-state index in [1.165, 1.54) is 11.5 Å². The summed E-state index contributed by atoms with van der Waals surface area (Å²) in [7, 11) is 4.30. The third-order valence-electron chi connectivity index (χ3n) is 2.67. The first kappa shape index (κ1) is 16.2. The maximum atomic E-state index is 12.2. The molecule has 1 heterocycles. The molecule has 8 heteroatoms. The summed E-state index contributed by atoms with van der Waals surface area (Å²) in [5.41, 5.74) is 0.905. The van der Waals surface area contributed by atoms with Crippen molar-refractivity contribution in [2.75, 3.05) is 26.1 Å². The molecule has 2 aromatic rings. The first-order chi connectivity index (χ1) is 9.99. The number of nitrogens with zero attached hydrogens (tertiary/aromatic N) is 3. The second-order valence-electron chi connectivity index (χ2n) is 4.59. The number of aromatic nitrogens is 2. The molecule has 0 radical (unpaired) electrons. The number of anilines is 1. The summed E-state index contributed by atoms with van der Waals surface area (Å²) >= 11 is 7.36. The van der Waals surface area contributed by atoms with Crippen LogP contribution < -0.4 is 9.64 Å². The highest BCUT2D eigenvalue weighted by Gasteiger charge is 2.11. The van der Waals surface area contributed by atoms with Gasteiger partial charge >= 0.3 is 0 Å². The molecule has 0 fully saturated rings. The van der Waals surface area contributed by atoms with Crippen molar-refractivity contribution in [1.82, 2.24) is 9.36 Å². The Labute approximate surface area is 135 Å². The lowest BCUT2D eigenvalue weighted by Gasteiger charge is -2.06. The van der Waals surface area contributed by atoms with Crippen molar-refractivity contribution in [1.29, 1.82) is 0 Å². The Morgan fingerprint density at radius 1 is 1.38 bits per heavy atom. The molecular formula is C13H16ClN3O2S2. The Kier molecular flexibility index (Phi) is 5.55. The van der Waals surface area contributed by atoms with E-state index in [1.54, 1.807) is 19.2 Å². The first-order valence-electron chi connectivity index (χ1n) is 6.17. The average molecular weight is 346 g/mol. The van der Waals surface area contributed by atoms with Gasteiger partial charge in [-0.1, -0.05) is 17.7 Å². The zero-order chi connectivity index (χ0) is 15.4. The lowest BCUT2D eigenvalue weighted by Crippen LogP contribution is -2.08. The number of rotatable bonds is 6. The van der Waals surface area contributed by atoms with E-state index in [-0.39, 0.29) is 0 Å².